The summed E-state index contributed by atoms with van der Waals surface area (Å²) >= 11 is 0. The van der Waals surface area contributed by atoms with Crippen LogP contribution in [-0.4, -0.2) is 30.5 Å². The van der Waals surface area contributed by atoms with Gasteiger partial charge in [-0.15, -0.1) is 0 Å². The molecule has 3 N–H and O–H groups in total. The Labute approximate surface area is 127 Å². The summed E-state index contributed by atoms with van der Waals surface area (Å²) in [7, 11) is 0. The molecule has 2 rings (SSSR count). The molecular weight excluding hydrogens is 266 g/mol. The Hall–Kier alpha value is -1.26. The van der Waals surface area contributed by atoms with Crippen LogP contribution < -0.4 is 10.5 Å². The molecule has 1 aromatic carbocycles. The van der Waals surface area contributed by atoms with Crippen LogP contribution in [0.3, 0.4) is 0 Å². The molecule has 0 aliphatic heterocycles. The van der Waals surface area contributed by atoms with E-state index in [-0.39, 0.29) is 12.7 Å². The van der Waals surface area contributed by atoms with E-state index in [2.05, 4.69) is 13.8 Å². The molecule has 4 heteroatoms. The van der Waals surface area contributed by atoms with Crippen LogP contribution in [0.25, 0.3) is 0 Å². The SMILES string of the molecule is CC1CCC(OCC(O)COc2cccc(N)c2)CC1C. The van der Waals surface area contributed by atoms with Gasteiger partial charge in [-0.3, -0.25) is 0 Å². The fourth-order valence-electron chi connectivity index (χ4n) is 2.74. The lowest BCUT2D eigenvalue weighted by molar-refractivity contribution is -0.0489. The van der Waals surface area contributed by atoms with E-state index in [1.165, 1.54) is 6.42 Å². The van der Waals surface area contributed by atoms with Crippen molar-refractivity contribution in [2.45, 2.75) is 45.3 Å². The minimum Gasteiger partial charge on any atom is -0.491 e. The van der Waals surface area contributed by atoms with Crippen molar-refractivity contribution >= 4 is 5.69 Å². The summed E-state index contributed by atoms with van der Waals surface area (Å²) in [5, 5.41) is 9.95. The van der Waals surface area contributed by atoms with Crippen molar-refractivity contribution < 1.29 is 14.6 Å². The third-order valence-corrected chi connectivity index (χ3v) is 4.37. The second-order valence-electron chi connectivity index (χ2n) is 6.26. The molecule has 0 spiro atoms. The van der Waals surface area contributed by atoms with E-state index in [1.54, 1.807) is 12.1 Å². The maximum absolute atomic E-state index is 9.95. The molecule has 1 fully saturated rings. The first-order valence-electron chi connectivity index (χ1n) is 7.82. The van der Waals surface area contributed by atoms with Gasteiger partial charge in [-0.05, 0) is 43.2 Å². The van der Waals surface area contributed by atoms with E-state index in [0.717, 1.165) is 18.8 Å². The maximum Gasteiger partial charge on any atom is 0.121 e. The number of nitrogens with two attached hydrogens (primary N) is 1. The van der Waals surface area contributed by atoms with Gasteiger partial charge in [0.15, 0.2) is 0 Å². The molecule has 1 saturated carbocycles. The smallest absolute Gasteiger partial charge is 0.121 e. The summed E-state index contributed by atoms with van der Waals surface area (Å²) in [6.07, 6.45) is 3.05. The zero-order valence-corrected chi connectivity index (χ0v) is 13.0. The number of ether oxygens (including phenoxy) is 2. The highest BCUT2D eigenvalue weighted by Gasteiger charge is 2.25. The summed E-state index contributed by atoms with van der Waals surface area (Å²) in [4.78, 5) is 0. The summed E-state index contributed by atoms with van der Waals surface area (Å²) < 4.78 is 11.3. The quantitative estimate of drug-likeness (QED) is 0.792. The van der Waals surface area contributed by atoms with Gasteiger partial charge < -0.3 is 20.3 Å². The van der Waals surface area contributed by atoms with E-state index in [1.807, 2.05) is 12.1 Å². The van der Waals surface area contributed by atoms with Crippen molar-refractivity contribution in [1.29, 1.82) is 0 Å². The number of nitrogen functional groups attached to an aromatic ring is 1. The lowest BCUT2D eigenvalue weighted by atomic mass is 9.80. The first-order chi connectivity index (χ1) is 10.0. The van der Waals surface area contributed by atoms with Crippen LogP contribution in [0, 0.1) is 11.8 Å². The lowest BCUT2D eigenvalue weighted by Crippen LogP contribution is -2.31. The normalized spacial score (nSPS) is 27.3. The van der Waals surface area contributed by atoms with Crippen LogP contribution in [-0.2, 0) is 4.74 Å². The second-order valence-corrected chi connectivity index (χ2v) is 6.26. The summed E-state index contributed by atoms with van der Waals surface area (Å²) in [6.45, 7) is 5.13. The Bertz CT molecular complexity index is 438. The van der Waals surface area contributed by atoms with Crippen molar-refractivity contribution in [3.63, 3.8) is 0 Å². The van der Waals surface area contributed by atoms with Gasteiger partial charge in [-0.1, -0.05) is 19.9 Å². The Morgan fingerprint density at radius 1 is 1.24 bits per heavy atom. The summed E-state index contributed by atoms with van der Waals surface area (Å²) in [5.74, 6) is 2.15. The van der Waals surface area contributed by atoms with Crippen LogP contribution >= 0.6 is 0 Å². The Kier molecular flexibility index (Phi) is 5.88. The molecule has 4 atom stereocenters. The first-order valence-corrected chi connectivity index (χ1v) is 7.82. The van der Waals surface area contributed by atoms with E-state index in [9.17, 15) is 5.11 Å². The van der Waals surface area contributed by atoms with Crippen LogP contribution in [0.1, 0.15) is 33.1 Å². The molecule has 0 radical (unpaired) electrons. The molecule has 0 heterocycles. The van der Waals surface area contributed by atoms with Gasteiger partial charge in [0, 0.05) is 11.8 Å². The number of anilines is 1. The summed E-state index contributed by atoms with van der Waals surface area (Å²) in [6, 6.07) is 7.21. The third kappa shape index (κ3) is 5.21. The molecule has 1 aromatic rings. The van der Waals surface area contributed by atoms with E-state index >= 15 is 0 Å². The van der Waals surface area contributed by atoms with Crippen molar-refractivity contribution in [2.24, 2.45) is 11.8 Å². The number of hydrogen-bond donors (Lipinski definition) is 2. The minimum atomic E-state index is -0.610. The Morgan fingerprint density at radius 3 is 2.76 bits per heavy atom. The van der Waals surface area contributed by atoms with E-state index in [4.69, 9.17) is 15.2 Å². The monoisotopic (exact) mass is 293 g/mol. The van der Waals surface area contributed by atoms with Crippen LogP contribution in [0.5, 0.6) is 5.75 Å². The highest BCUT2D eigenvalue weighted by molar-refractivity contribution is 5.43. The maximum atomic E-state index is 9.95. The first kappa shape index (κ1) is 16.1. The minimum absolute atomic E-state index is 0.224. The van der Waals surface area contributed by atoms with E-state index < -0.39 is 6.10 Å². The second kappa shape index (κ2) is 7.66. The van der Waals surface area contributed by atoms with Gasteiger partial charge in [0.1, 0.15) is 18.5 Å². The van der Waals surface area contributed by atoms with Crippen molar-refractivity contribution in [1.82, 2.24) is 0 Å². The third-order valence-electron chi connectivity index (χ3n) is 4.37. The number of aliphatic hydroxyl groups excluding tert-OH is 1. The molecule has 1 aliphatic rings. The zero-order chi connectivity index (χ0) is 15.2. The standard InChI is InChI=1S/C17H27NO3/c1-12-6-7-17(8-13(12)2)21-11-15(19)10-20-16-5-3-4-14(18)9-16/h3-5,9,12-13,15,17,19H,6-8,10-11,18H2,1-2H3. The molecule has 0 amide bonds. The fourth-order valence-corrected chi connectivity index (χ4v) is 2.74. The molecule has 118 valence electrons. The number of aliphatic hydroxyl groups is 1. The average molecular weight is 293 g/mol. The van der Waals surface area contributed by atoms with Gasteiger partial charge in [-0.25, -0.2) is 0 Å². The number of benzene rings is 1. The molecule has 21 heavy (non-hydrogen) atoms. The van der Waals surface area contributed by atoms with Crippen molar-refractivity contribution in [2.75, 3.05) is 18.9 Å². The molecule has 0 bridgehead atoms. The fraction of sp³-hybridized carbons (Fsp3) is 0.647. The van der Waals surface area contributed by atoms with Gasteiger partial charge in [0.25, 0.3) is 0 Å². The largest absolute Gasteiger partial charge is 0.491 e. The molecule has 4 nitrogen and oxygen atoms in total. The Morgan fingerprint density at radius 2 is 2.05 bits per heavy atom. The molecule has 0 saturated heterocycles. The van der Waals surface area contributed by atoms with Crippen LogP contribution in [0.15, 0.2) is 24.3 Å². The molecule has 4 unspecified atom stereocenters. The average Bonchev–Trinajstić information content (AvgIpc) is 2.46. The van der Waals surface area contributed by atoms with Crippen LogP contribution in [0.4, 0.5) is 5.69 Å². The predicted molar refractivity (Wildman–Crippen MR) is 84.3 cm³/mol. The molecule has 0 aromatic heterocycles. The highest BCUT2D eigenvalue weighted by atomic mass is 16.5. The van der Waals surface area contributed by atoms with E-state index in [0.29, 0.717) is 24.0 Å². The predicted octanol–water partition coefficient (Wildman–Crippen LogP) is 2.85. The van der Waals surface area contributed by atoms with Gasteiger partial charge in [0.05, 0.1) is 12.7 Å². The summed E-state index contributed by atoms with van der Waals surface area (Å²) in [5.41, 5.74) is 6.33. The van der Waals surface area contributed by atoms with Gasteiger partial charge in [-0.2, -0.15) is 0 Å². The van der Waals surface area contributed by atoms with Gasteiger partial charge >= 0.3 is 0 Å². The molecular formula is C17H27NO3. The molecule has 1 aliphatic carbocycles. The lowest BCUT2D eigenvalue weighted by Gasteiger charge is -2.32. The van der Waals surface area contributed by atoms with Gasteiger partial charge in [0.2, 0.25) is 0 Å². The number of hydrogen-bond acceptors (Lipinski definition) is 4. The van der Waals surface area contributed by atoms with Crippen LogP contribution in [0.2, 0.25) is 0 Å². The van der Waals surface area contributed by atoms with Crippen molar-refractivity contribution in [3.8, 4) is 5.75 Å². The Balaban J connectivity index is 1.67. The topological polar surface area (TPSA) is 64.7 Å². The highest BCUT2D eigenvalue weighted by Crippen LogP contribution is 2.30. The number of rotatable bonds is 6. The van der Waals surface area contributed by atoms with Crippen molar-refractivity contribution in [3.05, 3.63) is 24.3 Å². The zero-order valence-electron chi connectivity index (χ0n) is 13.0.